The average Bonchev–Trinajstić information content (AvgIpc) is 3.07. The lowest BCUT2D eigenvalue weighted by atomic mass is 10.1. The Morgan fingerprint density at radius 1 is 1.00 bits per heavy atom. The normalized spacial score (nSPS) is 15.0. The molecule has 1 aromatic heterocycles. The highest BCUT2D eigenvalue weighted by molar-refractivity contribution is 5.77. The molecule has 0 radical (unpaired) electrons. The number of hydrogen-bond acceptors (Lipinski definition) is 4. The Hall–Kier alpha value is -2.53. The fourth-order valence-corrected chi connectivity index (χ4v) is 4.23. The number of piperidine rings is 1. The smallest absolute Gasteiger partial charge is 0.125 e. The van der Waals surface area contributed by atoms with Gasteiger partial charge < -0.3 is 14.0 Å². The molecule has 29 heavy (non-hydrogen) atoms. The first-order valence-corrected chi connectivity index (χ1v) is 10.6. The summed E-state index contributed by atoms with van der Waals surface area (Å²) < 4.78 is 14.0. The molecule has 1 fully saturated rings. The number of nitrogens with zero attached hydrogens (tertiary/aromatic N) is 3. The number of benzene rings is 2. The van der Waals surface area contributed by atoms with Crippen molar-refractivity contribution in [3.63, 3.8) is 0 Å². The van der Waals surface area contributed by atoms with Gasteiger partial charge in [0.05, 0.1) is 31.2 Å². The summed E-state index contributed by atoms with van der Waals surface area (Å²) >= 11 is 0. The molecule has 0 amide bonds. The zero-order valence-corrected chi connectivity index (χ0v) is 17.8. The lowest BCUT2D eigenvalue weighted by molar-refractivity contribution is 0.211. The van der Waals surface area contributed by atoms with Crippen LogP contribution in [-0.2, 0) is 13.1 Å². The Morgan fingerprint density at radius 2 is 1.76 bits per heavy atom. The second kappa shape index (κ2) is 8.87. The van der Waals surface area contributed by atoms with Crippen LogP contribution in [0, 0.1) is 13.8 Å². The van der Waals surface area contributed by atoms with Crippen molar-refractivity contribution in [1.82, 2.24) is 14.5 Å². The second-order valence-electron chi connectivity index (χ2n) is 7.94. The maximum absolute atomic E-state index is 6.20. The van der Waals surface area contributed by atoms with E-state index in [-0.39, 0.29) is 0 Å². The van der Waals surface area contributed by atoms with E-state index in [9.17, 15) is 0 Å². The molecule has 5 nitrogen and oxygen atoms in total. The second-order valence-corrected chi connectivity index (χ2v) is 7.94. The molecule has 0 atom stereocenters. The number of imidazole rings is 1. The van der Waals surface area contributed by atoms with Crippen LogP contribution in [0.4, 0.5) is 0 Å². The van der Waals surface area contributed by atoms with E-state index >= 15 is 0 Å². The molecule has 0 bridgehead atoms. The molecule has 0 N–H and O–H groups in total. The Bertz CT molecular complexity index is 953. The third kappa shape index (κ3) is 4.40. The van der Waals surface area contributed by atoms with Crippen LogP contribution in [0.5, 0.6) is 11.5 Å². The molecular weight excluding hydrogens is 362 g/mol. The zero-order chi connectivity index (χ0) is 20.2. The summed E-state index contributed by atoms with van der Waals surface area (Å²) in [6, 6.07) is 12.4. The number of aryl methyl sites for hydroxylation is 2. The maximum Gasteiger partial charge on any atom is 0.125 e. The summed E-state index contributed by atoms with van der Waals surface area (Å²) in [7, 11) is 1.71. The highest BCUT2D eigenvalue weighted by Crippen LogP contribution is 2.25. The molecule has 4 rings (SSSR count). The third-order valence-electron chi connectivity index (χ3n) is 5.82. The van der Waals surface area contributed by atoms with E-state index in [1.54, 1.807) is 7.11 Å². The van der Waals surface area contributed by atoms with Crippen LogP contribution in [0.25, 0.3) is 11.0 Å². The molecule has 154 valence electrons. The Labute approximate surface area is 173 Å². The van der Waals surface area contributed by atoms with Gasteiger partial charge >= 0.3 is 0 Å². The van der Waals surface area contributed by atoms with Crippen molar-refractivity contribution in [3.05, 3.63) is 53.3 Å². The van der Waals surface area contributed by atoms with Gasteiger partial charge in [-0.1, -0.05) is 24.6 Å². The number of rotatable bonds is 7. The quantitative estimate of drug-likeness (QED) is 0.582. The Morgan fingerprint density at radius 3 is 2.48 bits per heavy atom. The molecule has 0 unspecified atom stereocenters. The van der Waals surface area contributed by atoms with Crippen LogP contribution in [0.3, 0.4) is 0 Å². The molecule has 0 spiro atoms. The molecule has 0 saturated carbocycles. The molecular formula is C24H31N3O2. The van der Waals surface area contributed by atoms with Crippen LogP contribution in [0.15, 0.2) is 36.4 Å². The number of likely N-dealkylation sites (tertiary alicyclic amines) is 1. The van der Waals surface area contributed by atoms with Gasteiger partial charge in [-0.3, -0.25) is 4.90 Å². The van der Waals surface area contributed by atoms with Gasteiger partial charge in [0, 0.05) is 6.07 Å². The maximum atomic E-state index is 6.20. The molecule has 1 aliphatic rings. The van der Waals surface area contributed by atoms with Gasteiger partial charge in [0.1, 0.15) is 23.9 Å². The minimum atomic E-state index is 0.612. The minimum Gasteiger partial charge on any atom is -0.497 e. The standard InChI is InChI=1S/C24H31N3O2/c1-18-8-7-9-19(2)24(18)29-15-14-27-22-16-20(28-3)10-11-21(22)25-23(27)17-26-12-5-4-6-13-26/h7-11,16H,4-6,12-15,17H2,1-3H3. The lowest BCUT2D eigenvalue weighted by Crippen LogP contribution is -2.30. The average molecular weight is 394 g/mol. The van der Waals surface area contributed by atoms with Gasteiger partial charge in [-0.2, -0.15) is 0 Å². The first kappa shape index (κ1) is 19.8. The van der Waals surface area contributed by atoms with Crippen molar-refractivity contribution >= 4 is 11.0 Å². The number of fused-ring (bicyclic) bond motifs is 1. The monoisotopic (exact) mass is 393 g/mol. The van der Waals surface area contributed by atoms with E-state index in [0.717, 1.165) is 54.5 Å². The van der Waals surface area contributed by atoms with Crippen LogP contribution in [0.1, 0.15) is 36.2 Å². The molecule has 5 heteroatoms. The van der Waals surface area contributed by atoms with Crippen molar-refractivity contribution in [2.45, 2.75) is 46.2 Å². The fourth-order valence-electron chi connectivity index (χ4n) is 4.23. The minimum absolute atomic E-state index is 0.612. The van der Waals surface area contributed by atoms with Gasteiger partial charge in [-0.25, -0.2) is 4.98 Å². The molecule has 2 heterocycles. The van der Waals surface area contributed by atoms with Gasteiger partial charge in [0.15, 0.2) is 0 Å². The summed E-state index contributed by atoms with van der Waals surface area (Å²) in [6.07, 6.45) is 3.90. The van der Waals surface area contributed by atoms with Crippen molar-refractivity contribution in [1.29, 1.82) is 0 Å². The number of hydrogen-bond donors (Lipinski definition) is 0. The molecule has 1 aliphatic heterocycles. The van der Waals surface area contributed by atoms with Gasteiger partial charge in [0.25, 0.3) is 0 Å². The van der Waals surface area contributed by atoms with Crippen molar-refractivity contribution in [2.24, 2.45) is 0 Å². The fraction of sp³-hybridized carbons (Fsp3) is 0.458. The summed E-state index contributed by atoms with van der Waals surface area (Å²) in [6.45, 7) is 8.78. The van der Waals surface area contributed by atoms with Crippen molar-refractivity contribution in [3.8, 4) is 11.5 Å². The SMILES string of the molecule is COc1ccc2nc(CN3CCCCC3)n(CCOc3c(C)cccc3C)c2c1. The van der Waals surface area contributed by atoms with E-state index in [1.807, 2.05) is 6.07 Å². The van der Waals surface area contributed by atoms with Crippen LogP contribution < -0.4 is 9.47 Å². The summed E-state index contributed by atoms with van der Waals surface area (Å²) in [5.74, 6) is 2.96. The molecule has 3 aromatic rings. The van der Waals surface area contributed by atoms with Gasteiger partial charge in [-0.05, 0) is 63.0 Å². The van der Waals surface area contributed by atoms with E-state index < -0.39 is 0 Å². The highest BCUT2D eigenvalue weighted by atomic mass is 16.5. The molecule has 0 aliphatic carbocycles. The Kier molecular flexibility index (Phi) is 6.05. The third-order valence-corrected chi connectivity index (χ3v) is 5.82. The van der Waals surface area contributed by atoms with Crippen LogP contribution in [0.2, 0.25) is 0 Å². The van der Waals surface area contributed by atoms with E-state index in [1.165, 1.54) is 30.4 Å². The lowest BCUT2D eigenvalue weighted by Gasteiger charge is -2.26. The van der Waals surface area contributed by atoms with Crippen LogP contribution in [-0.4, -0.2) is 41.3 Å². The number of ether oxygens (including phenoxy) is 2. The van der Waals surface area contributed by atoms with Crippen molar-refractivity contribution < 1.29 is 9.47 Å². The zero-order valence-electron chi connectivity index (χ0n) is 17.8. The van der Waals surface area contributed by atoms with Gasteiger partial charge in [0.2, 0.25) is 0 Å². The highest BCUT2D eigenvalue weighted by Gasteiger charge is 2.17. The molecule has 2 aromatic carbocycles. The topological polar surface area (TPSA) is 39.5 Å². The Balaban J connectivity index is 1.58. The molecule has 1 saturated heterocycles. The van der Waals surface area contributed by atoms with Gasteiger partial charge in [-0.15, -0.1) is 0 Å². The summed E-state index contributed by atoms with van der Waals surface area (Å²) in [5, 5.41) is 0. The first-order valence-electron chi connectivity index (χ1n) is 10.6. The van der Waals surface area contributed by atoms with E-state index in [0.29, 0.717) is 6.61 Å². The number of methoxy groups -OCH3 is 1. The van der Waals surface area contributed by atoms with Crippen molar-refractivity contribution in [2.75, 3.05) is 26.8 Å². The predicted molar refractivity (Wildman–Crippen MR) is 117 cm³/mol. The summed E-state index contributed by atoms with van der Waals surface area (Å²) in [4.78, 5) is 7.47. The van der Waals surface area contributed by atoms with E-state index in [4.69, 9.17) is 14.5 Å². The summed E-state index contributed by atoms with van der Waals surface area (Å²) in [5.41, 5.74) is 4.48. The largest absolute Gasteiger partial charge is 0.497 e. The van der Waals surface area contributed by atoms with E-state index in [2.05, 4.69) is 53.6 Å². The number of para-hydroxylation sites is 1. The number of aromatic nitrogens is 2. The predicted octanol–water partition coefficient (Wildman–Crippen LogP) is 4.73. The first-order chi connectivity index (χ1) is 14.2. The van der Waals surface area contributed by atoms with Crippen LogP contribution >= 0.6 is 0 Å².